The second-order valence-electron chi connectivity index (χ2n) is 7.96. The highest BCUT2D eigenvalue weighted by molar-refractivity contribution is 5.85. The van der Waals surface area contributed by atoms with Gasteiger partial charge in [-0.1, -0.05) is 6.42 Å². The Kier molecular flexibility index (Phi) is 8.00. The average Bonchev–Trinajstić information content (AvgIpc) is 3.40. The molecule has 2 fully saturated rings. The van der Waals surface area contributed by atoms with Crippen LogP contribution in [0.15, 0.2) is 42.9 Å². The minimum absolute atomic E-state index is 0. The van der Waals surface area contributed by atoms with Gasteiger partial charge in [-0.15, -0.1) is 24.8 Å². The first-order valence-corrected chi connectivity index (χ1v) is 10.5. The van der Waals surface area contributed by atoms with Crippen molar-refractivity contribution >= 4 is 36.3 Å². The molecule has 2 N–H and O–H groups in total. The zero-order chi connectivity index (χ0) is 19.6. The van der Waals surface area contributed by atoms with Crippen LogP contribution in [-0.4, -0.2) is 57.9 Å². The van der Waals surface area contributed by atoms with Crippen LogP contribution < -0.4 is 15.0 Å². The molecule has 2 atom stereocenters. The number of nitrogens with zero attached hydrogens (tertiary/aromatic N) is 4. The van der Waals surface area contributed by atoms with Crippen molar-refractivity contribution in [2.75, 3.05) is 31.1 Å². The highest BCUT2D eigenvalue weighted by Crippen LogP contribution is 2.28. The standard InChI is InChI=1S/C22H27N5O2.2ClH/c28-18-8-11-26(14-18)21-22-25-13-20(27(22)12-10-24-21)16-4-6-19(7-5-16)29-15-17-3-1-2-9-23-17;;/h4-7,10,12-13,17-18,23,28H,1-3,8-9,11,14-15H2;2*1H. The maximum absolute atomic E-state index is 9.86. The first-order valence-electron chi connectivity index (χ1n) is 10.5. The molecule has 2 aromatic heterocycles. The molecule has 5 rings (SSSR count). The minimum atomic E-state index is -0.289. The van der Waals surface area contributed by atoms with E-state index in [9.17, 15) is 5.11 Å². The van der Waals surface area contributed by atoms with Crippen LogP contribution in [0.5, 0.6) is 5.75 Å². The third kappa shape index (κ3) is 5.06. The maximum Gasteiger partial charge on any atom is 0.180 e. The summed E-state index contributed by atoms with van der Waals surface area (Å²) in [5.74, 6) is 1.72. The number of hydrogen-bond donors (Lipinski definition) is 2. The summed E-state index contributed by atoms with van der Waals surface area (Å²) in [6.07, 6.45) is 9.83. The maximum atomic E-state index is 9.86. The lowest BCUT2D eigenvalue weighted by Gasteiger charge is -2.23. The van der Waals surface area contributed by atoms with Gasteiger partial charge in [-0.25, -0.2) is 9.97 Å². The van der Waals surface area contributed by atoms with Crippen LogP contribution in [0.4, 0.5) is 5.82 Å². The molecule has 168 valence electrons. The van der Waals surface area contributed by atoms with Crippen molar-refractivity contribution < 1.29 is 9.84 Å². The van der Waals surface area contributed by atoms with E-state index in [2.05, 4.69) is 36.7 Å². The van der Waals surface area contributed by atoms with Crippen LogP contribution in [-0.2, 0) is 0 Å². The van der Waals surface area contributed by atoms with Gasteiger partial charge in [-0.05, 0) is 50.1 Å². The zero-order valence-corrected chi connectivity index (χ0v) is 18.9. The van der Waals surface area contributed by atoms with Crippen molar-refractivity contribution in [3.8, 4) is 17.0 Å². The summed E-state index contributed by atoms with van der Waals surface area (Å²) >= 11 is 0. The van der Waals surface area contributed by atoms with Crippen LogP contribution in [0.1, 0.15) is 25.7 Å². The van der Waals surface area contributed by atoms with Gasteiger partial charge in [-0.2, -0.15) is 0 Å². The molecule has 7 nitrogen and oxygen atoms in total. The second-order valence-corrected chi connectivity index (χ2v) is 7.96. The van der Waals surface area contributed by atoms with Crippen LogP contribution in [0, 0.1) is 0 Å². The monoisotopic (exact) mass is 465 g/mol. The molecule has 0 spiro atoms. The fraction of sp³-hybridized carbons (Fsp3) is 0.455. The number of rotatable bonds is 5. The highest BCUT2D eigenvalue weighted by Gasteiger charge is 2.24. The summed E-state index contributed by atoms with van der Waals surface area (Å²) in [7, 11) is 0. The molecule has 0 aliphatic carbocycles. The van der Waals surface area contributed by atoms with Crippen LogP contribution in [0.2, 0.25) is 0 Å². The van der Waals surface area contributed by atoms with E-state index in [-0.39, 0.29) is 30.9 Å². The molecule has 0 saturated carbocycles. The Hall–Kier alpha value is -2.06. The van der Waals surface area contributed by atoms with Crippen molar-refractivity contribution in [1.29, 1.82) is 0 Å². The Bertz CT molecular complexity index is 976. The predicted octanol–water partition coefficient (Wildman–Crippen LogP) is 3.33. The van der Waals surface area contributed by atoms with E-state index >= 15 is 0 Å². The largest absolute Gasteiger partial charge is 0.492 e. The zero-order valence-electron chi connectivity index (χ0n) is 17.3. The number of aromatic nitrogens is 3. The number of ether oxygens (including phenoxy) is 1. The molecule has 2 aliphatic heterocycles. The number of anilines is 1. The molecule has 9 heteroatoms. The Labute approximate surface area is 194 Å². The number of β-amino-alcohol motifs (C(OH)–C–C–N with tert-alkyl or cyclic N) is 1. The van der Waals surface area contributed by atoms with E-state index < -0.39 is 0 Å². The molecule has 1 aromatic carbocycles. The summed E-state index contributed by atoms with van der Waals surface area (Å²) in [6.45, 7) is 3.22. The van der Waals surface area contributed by atoms with Crippen molar-refractivity contribution in [2.45, 2.75) is 37.8 Å². The molecule has 31 heavy (non-hydrogen) atoms. The van der Waals surface area contributed by atoms with E-state index in [0.29, 0.717) is 19.2 Å². The number of piperidine rings is 1. The number of fused-ring (bicyclic) bond motifs is 1. The van der Waals surface area contributed by atoms with Gasteiger partial charge in [0.05, 0.1) is 18.0 Å². The lowest BCUT2D eigenvalue weighted by atomic mass is 10.1. The Balaban J connectivity index is 0.00000136. The van der Waals surface area contributed by atoms with Gasteiger partial charge in [-0.3, -0.25) is 4.40 Å². The van der Waals surface area contributed by atoms with E-state index in [1.165, 1.54) is 19.3 Å². The third-order valence-corrected chi connectivity index (χ3v) is 5.89. The van der Waals surface area contributed by atoms with E-state index in [1.54, 1.807) is 6.20 Å². The fourth-order valence-electron chi connectivity index (χ4n) is 4.26. The third-order valence-electron chi connectivity index (χ3n) is 5.89. The molecule has 3 aromatic rings. The number of imidazole rings is 1. The molecule has 2 unspecified atom stereocenters. The molecular weight excluding hydrogens is 437 g/mol. The molecule has 0 bridgehead atoms. The fourth-order valence-corrected chi connectivity index (χ4v) is 4.26. The van der Waals surface area contributed by atoms with Crippen molar-refractivity contribution in [1.82, 2.24) is 19.7 Å². The van der Waals surface area contributed by atoms with Crippen LogP contribution in [0.25, 0.3) is 16.9 Å². The Morgan fingerprint density at radius 2 is 1.94 bits per heavy atom. The number of nitrogens with one attached hydrogen (secondary N) is 1. The normalized spacial score (nSPS) is 20.9. The van der Waals surface area contributed by atoms with E-state index in [4.69, 9.17) is 4.74 Å². The summed E-state index contributed by atoms with van der Waals surface area (Å²) in [6, 6.07) is 8.66. The second kappa shape index (κ2) is 10.5. The van der Waals surface area contributed by atoms with E-state index in [1.807, 2.05) is 24.5 Å². The topological polar surface area (TPSA) is 74.9 Å². The Morgan fingerprint density at radius 1 is 1.10 bits per heavy atom. The first-order chi connectivity index (χ1) is 14.3. The van der Waals surface area contributed by atoms with Gasteiger partial charge >= 0.3 is 0 Å². The SMILES string of the molecule is Cl.Cl.OC1CCN(c2nccn3c(-c4ccc(OCC5CCCCN5)cc4)cnc23)C1. The number of halogens is 2. The van der Waals surface area contributed by atoms with E-state index in [0.717, 1.165) is 48.0 Å². The van der Waals surface area contributed by atoms with Crippen molar-refractivity contribution in [3.63, 3.8) is 0 Å². The summed E-state index contributed by atoms with van der Waals surface area (Å²) in [5.41, 5.74) is 2.92. The molecular formula is C22H29Cl2N5O2. The van der Waals surface area contributed by atoms with Gasteiger partial charge in [0.2, 0.25) is 0 Å². The molecule has 2 aliphatic rings. The quantitative estimate of drug-likeness (QED) is 0.601. The average molecular weight is 466 g/mol. The van der Waals surface area contributed by atoms with Crippen LogP contribution >= 0.6 is 24.8 Å². The number of hydrogen-bond acceptors (Lipinski definition) is 6. The molecule has 0 radical (unpaired) electrons. The molecule has 2 saturated heterocycles. The number of aliphatic hydroxyl groups is 1. The van der Waals surface area contributed by atoms with Gasteiger partial charge in [0.1, 0.15) is 12.4 Å². The lowest BCUT2D eigenvalue weighted by Crippen LogP contribution is -2.38. The summed E-state index contributed by atoms with van der Waals surface area (Å²) < 4.78 is 8.04. The summed E-state index contributed by atoms with van der Waals surface area (Å²) in [5, 5.41) is 13.4. The van der Waals surface area contributed by atoms with Gasteiger partial charge in [0, 0.05) is 37.1 Å². The van der Waals surface area contributed by atoms with Gasteiger partial charge in [0.25, 0.3) is 0 Å². The number of benzene rings is 1. The smallest absolute Gasteiger partial charge is 0.180 e. The number of aliphatic hydroxyl groups excluding tert-OH is 1. The Morgan fingerprint density at radius 3 is 2.65 bits per heavy atom. The highest BCUT2D eigenvalue weighted by atomic mass is 35.5. The van der Waals surface area contributed by atoms with Crippen molar-refractivity contribution in [2.24, 2.45) is 0 Å². The first kappa shape index (κ1) is 23.6. The predicted molar refractivity (Wildman–Crippen MR) is 127 cm³/mol. The summed E-state index contributed by atoms with van der Waals surface area (Å²) in [4.78, 5) is 11.2. The molecule has 4 heterocycles. The van der Waals surface area contributed by atoms with Crippen molar-refractivity contribution in [3.05, 3.63) is 42.9 Å². The molecule has 0 amide bonds. The van der Waals surface area contributed by atoms with Gasteiger partial charge in [0.15, 0.2) is 11.5 Å². The lowest BCUT2D eigenvalue weighted by molar-refractivity contribution is 0.198. The van der Waals surface area contributed by atoms with Crippen LogP contribution in [0.3, 0.4) is 0 Å². The van der Waals surface area contributed by atoms with Gasteiger partial charge < -0.3 is 20.1 Å². The minimum Gasteiger partial charge on any atom is -0.492 e.